The van der Waals surface area contributed by atoms with E-state index in [1.807, 2.05) is 0 Å². The zero-order valence-corrected chi connectivity index (χ0v) is 20.9. The number of guanidine groups is 1. The average molecular weight is 521 g/mol. The zero-order valence-electron chi connectivity index (χ0n) is 18.6. The fourth-order valence-electron chi connectivity index (χ4n) is 3.20. The van der Waals surface area contributed by atoms with Gasteiger partial charge in [-0.15, -0.1) is 34.2 Å². The van der Waals surface area contributed by atoms with Gasteiger partial charge in [0, 0.05) is 45.2 Å². The molecule has 9 heteroatoms. The van der Waals surface area contributed by atoms with E-state index in [1.165, 1.54) is 6.42 Å². The number of nitrogens with one attached hydrogen (secondary N) is 2. The number of aromatic nitrogens is 3. The van der Waals surface area contributed by atoms with Gasteiger partial charge in [0.15, 0.2) is 5.96 Å². The number of morpholine rings is 1. The molecule has 1 atom stereocenters. The highest BCUT2D eigenvalue weighted by atomic mass is 127. The van der Waals surface area contributed by atoms with E-state index in [0.29, 0.717) is 6.04 Å². The van der Waals surface area contributed by atoms with Gasteiger partial charge in [0.2, 0.25) is 0 Å². The molecule has 1 aliphatic heterocycles. The molecule has 1 aromatic heterocycles. The Bertz CT molecular complexity index is 573. The summed E-state index contributed by atoms with van der Waals surface area (Å²) in [6.45, 7) is 15.9. The summed E-state index contributed by atoms with van der Waals surface area (Å²) in [5.41, 5.74) is 0. The molecule has 0 aromatic carbocycles. The number of ether oxygens (including phenoxy) is 1. The highest BCUT2D eigenvalue weighted by Crippen LogP contribution is 2.06. The summed E-state index contributed by atoms with van der Waals surface area (Å²) in [6, 6.07) is 0.401. The van der Waals surface area contributed by atoms with Crippen LogP contribution >= 0.6 is 24.0 Å². The number of nitrogens with zero attached hydrogens (tertiary/aromatic N) is 5. The number of halogens is 1. The topological polar surface area (TPSA) is 79.6 Å². The molecule has 0 amide bonds. The summed E-state index contributed by atoms with van der Waals surface area (Å²) in [5.74, 6) is 2.64. The molecule has 2 N–H and O–H groups in total. The van der Waals surface area contributed by atoms with E-state index in [1.54, 1.807) is 6.33 Å². The quantitative estimate of drug-likeness (QED) is 0.264. The first-order valence-electron chi connectivity index (χ1n) is 10.8. The fraction of sp³-hybridized carbons (Fsp3) is 0.850. The van der Waals surface area contributed by atoms with Gasteiger partial charge in [0.05, 0.1) is 19.8 Å². The molecule has 0 bridgehead atoms. The van der Waals surface area contributed by atoms with Crippen molar-refractivity contribution in [1.29, 1.82) is 0 Å². The van der Waals surface area contributed by atoms with E-state index < -0.39 is 0 Å². The average Bonchev–Trinajstić information content (AvgIpc) is 3.14. The second kappa shape index (κ2) is 15.0. The SMILES string of the molecule is CCc1nncn1CCNC(=NCCN1CCOCC1)NC(C)CCC(C)C.I. The lowest BCUT2D eigenvalue weighted by Crippen LogP contribution is -2.44. The minimum Gasteiger partial charge on any atom is -0.379 e. The fourth-order valence-corrected chi connectivity index (χ4v) is 3.20. The highest BCUT2D eigenvalue weighted by molar-refractivity contribution is 14.0. The number of rotatable bonds is 11. The molecule has 0 aliphatic carbocycles. The van der Waals surface area contributed by atoms with Crippen LogP contribution in [0.4, 0.5) is 0 Å². The summed E-state index contributed by atoms with van der Waals surface area (Å²) in [4.78, 5) is 7.23. The first-order valence-corrected chi connectivity index (χ1v) is 10.8. The predicted octanol–water partition coefficient (Wildman–Crippen LogP) is 2.15. The smallest absolute Gasteiger partial charge is 0.191 e. The molecular formula is C20H40IN7O. The van der Waals surface area contributed by atoms with Crippen molar-refractivity contribution >= 4 is 29.9 Å². The van der Waals surface area contributed by atoms with E-state index in [2.05, 4.69) is 58.0 Å². The maximum Gasteiger partial charge on any atom is 0.191 e. The van der Waals surface area contributed by atoms with Crippen molar-refractivity contribution in [3.05, 3.63) is 12.2 Å². The maximum atomic E-state index is 5.42. The standard InChI is InChI=1S/C20H39N7O.HI/c1-5-19-25-23-16-27(19)11-9-22-20(24-18(4)7-6-17(2)3)21-8-10-26-12-14-28-15-13-26;/h16-18H,5-15H2,1-4H3,(H2,21,22,24);1H. The van der Waals surface area contributed by atoms with Crippen LogP contribution in [0.5, 0.6) is 0 Å². The molecule has 1 unspecified atom stereocenters. The summed E-state index contributed by atoms with van der Waals surface area (Å²) in [6.07, 6.45) is 5.06. The second-order valence-corrected chi connectivity index (χ2v) is 7.92. The molecule has 1 fully saturated rings. The van der Waals surface area contributed by atoms with Gasteiger partial charge in [-0.25, -0.2) is 0 Å². The highest BCUT2D eigenvalue weighted by Gasteiger charge is 2.11. The van der Waals surface area contributed by atoms with E-state index in [-0.39, 0.29) is 24.0 Å². The third-order valence-corrected chi connectivity index (χ3v) is 5.01. The van der Waals surface area contributed by atoms with Gasteiger partial charge in [0.1, 0.15) is 12.2 Å². The van der Waals surface area contributed by atoms with Gasteiger partial charge < -0.3 is 19.9 Å². The van der Waals surface area contributed by atoms with Gasteiger partial charge >= 0.3 is 0 Å². The Labute approximate surface area is 193 Å². The van der Waals surface area contributed by atoms with E-state index in [4.69, 9.17) is 9.73 Å². The van der Waals surface area contributed by atoms with Crippen LogP contribution < -0.4 is 10.6 Å². The Morgan fingerprint density at radius 3 is 2.66 bits per heavy atom. The Morgan fingerprint density at radius 2 is 1.97 bits per heavy atom. The van der Waals surface area contributed by atoms with Crippen LogP contribution in [0.3, 0.4) is 0 Å². The molecule has 2 heterocycles. The molecule has 8 nitrogen and oxygen atoms in total. The molecule has 29 heavy (non-hydrogen) atoms. The van der Waals surface area contributed by atoms with Crippen LogP contribution in [0.1, 0.15) is 46.4 Å². The van der Waals surface area contributed by atoms with Crippen molar-refractivity contribution in [3.63, 3.8) is 0 Å². The largest absolute Gasteiger partial charge is 0.379 e. The molecule has 0 spiro atoms. The zero-order chi connectivity index (χ0) is 20.2. The Hall–Kier alpha value is -0.940. The van der Waals surface area contributed by atoms with Crippen LogP contribution in [0.15, 0.2) is 11.3 Å². The maximum absolute atomic E-state index is 5.42. The molecule has 1 aliphatic rings. The van der Waals surface area contributed by atoms with Crippen LogP contribution in [0, 0.1) is 5.92 Å². The molecule has 2 rings (SSSR count). The first-order chi connectivity index (χ1) is 13.6. The molecule has 1 aromatic rings. The van der Waals surface area contributed by atoms with Crippen LogP contribution in [0.2, 0.25) is 0 Å². The van der Waals surface area contributed by atoms with Crippen LogP contribution in [-0.4, -0.2) is 77.6 Å². The summed E-state index contributed by atoms with van der Waals surface area (Å²) in [5, 5.41) is 15.2. The third-order valence-electron chi connectivity index (χ3n) is 5.01. The lowest BCUT2D eigenvalue weighted by atomic mass is 10.0. The third kappa shape index (κ3) is 10.6. The number of hydrogen-bond donors (Lipinski definition) is 2. The molecule has 1 saturated heterocycles. The van der Waals surface area contributed by atoms with Crippen molar-refractivity contribution in [2.45, 2.75) is 59.5 Å². The second-order valence-electron chi connectivity index (χ2n) is 7.92. The molecule has 0 radical (unpaired) electrons. The predicted molar refractivity (Wildman–Crippen MR) is 129 cm³/mol. The van der Waals surface area contributed by atoms with Gasteiger partial charge in [0.25, 0.3) is 0 Å². The Balaban J connectivity index is 0.00000420. The minimum absolute atomic E-state index is 0. The molecule has 168 valence electrons. The van der Waals surface area contributed by atoms with Gasteiger partial charge in [-0.3, -0.25) is 9.89 Å². The number of hydrogen-bond acceptors (Lipinski definition) is 5. The Kier molecular flexibility index (Phi) is 13.5. The summed E-state index contributed by atoms with van der Waals surface area (Å²) in [7, 11) is 0. The van der Waals surface area contributed by atoms with Crippen molar-refractivity contribution in [2.24, 2.45) is 10.9 Å². The lowest BCUT2D eigenvalue weighted by Gasteiger charge is -2.26. The van der Waals surface area contributed by atoms with Crippen LogP contribution in [0.25, 0.3) is 0 Å². The van der Waals surface area contributed by atoms with Gasteiger partial charge in [-0.2, -0.15) is 0 Å². The van der Waals surface area contributed by atoms with Crippen molar-refractivity contribution < 1.29 is 4.74 Å². The molecular weight excluding hydrogens is 481 g/mol. The van der Waals surface area contributed by atoms with Crippen LogP contribution in [-0.2, 0) is 17.7 Å². The summed E-state index contributed by atoms with van der Waals surface area (Å²) >= 11 is 0. The normalized spacial score (nSPS) is 16.5. The van der Waals surface area contributed by atoms with E-state index >= 15 is 0 Å². The summed E-state index contributed by atoms with van der Waals surface area (Å²) < 4.78 is 7.52. The van der Waals surface area contributed by atoms with E-state index in [9.17, 15) is 0 Å². The van der Waals surface area contributed by atoms with Crippen molar-refractivity contribution in [3.8, 4) is 0 Å². The molecule has 0 saturated carbocycles. The lowest BCUT2D eigenvalue weighted by molar-refractivity contribution is 0.0394. The van der Waals surface area contributed by atoms with Gasteiger partial charge in [-0.1, -0.05) is 20.8 Å². The number of aliphatic imine (C=N–C) groups is 1. The van der Waals surface area contributed by atoms with Crippen molar-refractivity contribution in [1.82, 2.24) is 30.3 Å². The van der Waals surface area contributed by atoms with E-state index in [0.717, 1.165) is 83.0 Å². The first kappa shape index (κ1) is 26.1. The Morgan fingerprint density at radius 1 is 1.21 bits per heavy atom. The monoisotopic (exact) mass is 521 g/mol. The minimum atomic E-state index is 0. The van der Waals surface area contributed by atoms with Gasteiger partial charge in [-0.05, 0) is 25.7 Å². The number of aryl methyl sites for hydroxylation is 1. The van der Waals surface area contributed by atoms with Crippen molar-refractivity contribution in [2.75, 3.05) is 45.9 Å².